The number of halogens is 2. The van der Waals surface area contributed by atoms with Crippen molar-refractivity contribution in [3.05, 3.63) is 33.8 Å². The quantitative estimate of drug-likeness (QED) is 0.902. The Morgan fingerprint density at radius 2 is 2.21 bits per heavy atom. The highest BCUT2D eigenvalue weighted by molar-refractivity contribution is 6.35. The van der Waals surface area contributed by atoms with Crippen molar-refractivity contribution in [2.45, 2.75) is 25.8 Å². The molecule has 104 valence electrons. The van der Waals surface area contributed by atoms with E-state index in [-0.39, 0.29) is 6.42 Å². The maximum Gasteiger partial charge on any atom is 0.303 e. The van der Waals surface area contributed by atoms with Gasteiger partial charge in [0.25, 0.3) is 0 Å². The van der Waals surface area contributed by atoms with Crippen LogP contribution >= 0.6 is 23.2 Å². The minimum absolute atomic E-state index is 0.264. The lowest BCUT2D eigenvalue weighted by atomic mass is 10.0. The van der Waals surface area contributed by atoms with E-state index in [0.717, 1.165) is 38.0 Å². The number of aliphatic carboxylic acids is 1. The number of carboxylic acid groups (broad SMARTS) is 1. The van der Waals surface area contributed by atoms with Crippen LogP contribution in [0.5, 0.6) is 0 Å². The van der Waals surface area contributed by atoms with Gasteiger partial charge in [0.2, 0.25) is 0 Å². The third kappa shape index (κ3) is 4.37. The Bertz CT molecular complexity index is 465. The van der Waals surface area contributed by atoms with Gasteiger partial charge in [0, 0.05) is 29.6 Å². The molecule has 3 nitrogen and oxygen atoms in total. The van der Waals surface area contributed by atoms with Crippen molar-refractivity contribution in [2.24, 2.45) is 5.92 Å². The highest BCUT2D eigenvalue weighted by Gasteiger charge is 2.23. The predicted molar refractivity (Wildman–Crippen MR) is 76.7 cm³/mol. The van der Waals surface area contributed by atoms with Crippen LogP contribution in [-0.4, -0.2) is 29.1 Å². The molecular formula is C14H17Cl2NO2. The second-order valence-electron chi connectivity index (χ2n) is 5.06. The van der Waals surface area contributed by atoms with Gasteiger partial charge in [-0.2, -0.15) is 0 Å². The molecule has 1 fully saturated rings. The summed E-state index contributed by atoms with van der Waals surface area (Å²) in [5.74, 6) is -0.221. The maximum absolute atomic E-state index is 10.6. The van der Waals surface area contributed by atoms with Crippen molar-refractivity contribution >= 4 is 29.2 Å². The number of hydrogen-bond acceptors (Lipinski definition) is 2. The van der Waals surface area contributed by atoms with Crippen LogP contribution in [0, 0.1) is 5.92 Å². The Labute approximate surface area is 123 Å². The van der Waals surface area contributed by atoms with Crippen molar-refractivity contribution < 1.29 is 9.90 Å². The number of rotatable bonds is 5. The van der Waals surface area contributed by atoms with Crippen LogP contribution in [0.15, 0.2) is 18.2 Å². The fourth-order valence-electron chi connectivity index (χ4n) is 2.51. The number of benzene rings is 1. The summed E-state index contributed by atoms with van der Waals surface area (Å²) in [6.07, 6.45) is 2.10. The summed E-state index contributed by atoms with van der Waals surface area (Å²) in [6.45, 7) is 2.76. The summed E-state index contributed by atoms with van der Waals surface area (Å²) in [7, 11) is 0. The van der Waals surface area contributed by atoms with Crippen LogP contribution in [0.3, 0.4) is 0 Å². The van der Waals surface area contributed by atoms with Crippen LogP contribution in [-0.2, 0) is 11.3 Å². The van der Waals surface area contributed by atoms with Gasteiger partial charge in [0.15, 0.2) is 0 Å². The standard InChI is InChI=1S/C14H17Cl2NO2/c15-12-3-2-11(13(16)7-12)9-17-6-5-10(8-17)1-4-14(18)19/h2-3,7,10H,1,4-6,8-9H2,(H,18,19). The summed E-state index contributed by atoms with van der Waals surface area (Å²) >= 11 is 12.0. The van der Waals surface area contributed by atoms with Crippen LogP contribution in [0.2, 0.25) is 10.0 Å². The molecule has 1 N–H and O–H groups in total. The number of hydrogen-bond donors (Lipinski definition) is 1. The number of likely N-dealkylation sites (tertiary alicyclic amines) is 1. The first kappa shape index (κ1) is 14.6. The molecule has 0 aromatic heterocycles. The summed E-state index contributed by atoms with van der Waals surface area (Å²) in [4.78, 5) is 12.9. The molecule has 1 aromatic carbocycles. The molecule has 1 heterocycles. The average Bonchev–Trinajstić information content (AvgIpc) is 2.78. The average molecular weight is 302 g/mol. The van der Waals surface area contributed by atoms with E-state index in [1.165, 1.54) is 0 Å². The molecule has 5 heteroatoms. The molecule has 0 amide bonds. The molecule has 0 saturated carbocycles. The van der Waals surface area contributed by atoms with Gasteiger partial charge >= 0.3 is 5.97 Å². The summed E-state index contributed by atoms with van der Waals surface area (Å²) in [5, 5.41) is 10.0. The zero-order valence-corrected chi connectivity index (χ0v) is 12.1. The smallest absolute Gasteiger partial charge is 0.303 e. The summed E-state index contributed by atoms with van der Waals surface area (Å²) in [6, 6.07) is 5.56. The largest absolute Gasteiger partial charge is 0.481 e. The fourth-order valence-corrected chi connectivity index (χ4v) is 2.98. The van der Waals surface area contributed by atoms with E-state index in [9.17, 15) is 4.79 Å². The molecule has 0 aliphatic carbocycles. The van der Waals surface area contributed by atoms with Gasteiger partial charge < -0.3 is 5.11 Å². The van der Waals surface area contributed by atoms with Crippen LogP contribution in [0.25, 0.3) is 0 Å². The second kappa shape index (κ2) is 6.60. The third-order valence-electron chi connectivity index (χ3n) is 3.55. The predicted octanol–water partition coefficient (Wildman–Crippen LogP) is 3.68. The Morgan fingerprint density at radius 3 is 2.89 bits per heavy atom. The molecule has 0 radical (unpaired) electrons. The molecule has 1 aliphatic rings. The lowest BCUT2D eigenvalue weighted by Crippen LogP contribution is -2.20. The zero-order valence-electron chi connectivity index (χ0n) is 10.6. The van der Waals surface area contributed by atoms with E-state index in [1.807, 2.05) is 12.1 Å². The molecule has 1 atom stereocenters. The maximum atomic E-state index is 10.6. The summed E-state index contributed by atoms with van der Waals surface area (Å²) < 4.78 is 0. The van der Waals surface area contributed by atoms with Crippen LogP contribution < -0.4 is 0 Å². The van der Waals surface area contributed by atoms with E-state index >= 15 is 0 Å². The minimum Gasteiger partial charge on any atom is -0.481 e. The van der Waals surface area contributed by atoms with Crippen LogP contribution in [0.4, 0.5) is 0 Å². The van der Waals surface area contributed by atoms with Crippen LogP contribution in [0.1, 0.15) is 24.8 Å². The number of carbonyl (C=O) groups is 1. The highest BCUT2D eigenvalue weighted by Crippen LogP contribution is 2.26. The van der Waals surface area contributed by atoms with Gasteiger partial charge in [-0.25, -0.2) is 0 Å². The molecule has 0 spiro atoms. The molecule has 0 bridgehead atoms. The van der Waals surface area contributed by atoms with E-state index in [0.29, 0.717) is 16.0 Å². The van der Waals surface area contributed by atoms with Gasteiger partial charge in [-0.05, 0) is 43.0 Å². The number of carboxylic acids is 1. The first-order valence-electron chi connectivity index (χ1n) is 6.42. The van der Waals surface area contributed by atoms with Crippen molar-refractivity contribution in [3.63, 3.8) is 0 Å². The van der Waals surface area contributed by atoms with Crippen molar-refractivity contribution in [1.82, 2.24) is 4.90 Å². The van der Waals surface area contributed by atoms with E-state index in [1.54, 1.807) is 6.07 Å². The normalized spacial score (nSPS) is 19.8. The van der Waals surface area contributed by atoms with Gasteiger partial charge in [0.05, 0.1) is 0 Å². The van der Waals surface area contributed by atoms with E-state index in [2.05, 4.69) is 4.90 Å². The monoisotopic (exact) mass is 301 g/mol. The first-order valence-corrected chi connectivity index (χ1v) is 7.18. The molecule has 1 saturated heterocycles. The Balaban J connectivity index is 1.86. The Morgan fingerprint density at radius 1 is 1.42 bits per heavy atom. The second-order valence-corrected chi connectivity index (χ2v) is 5.90. The van der Waals surface area contributed by atoms with Gasteiger partial charge in [0.1, 0.15) is 0 Å². The first-order chi connectivity index (χ1) is 9.04. The zero-order chi connectivity index (χ0) is 13.8. The van der Waals surface area contributed by atoms with Gasteiger partial charge in [-0.1, -0.05) is 29.3 Å². The van der Waals surface area contributed by atoms with Gasteiger partial charge in [-0.15, -0.1) is 0 Å². The van der Waals surface area contributed by atoms with Gasteiger partial charge in [-0.3, -0.25) is 9.69 Å². The van der Waals surface area contributed by atoms with E-state index in [4.69, 9.17) is 28.3 Å². The molecule has 1 aliphatic heterocycles. The van der Waals surface area contributed by atoms with Crippen molar-refractivity contribution in [3.8, 4) is 0 Å². The lowest BCUT2D eigenvalue weighted by molar-refractivity contribution is -0.137. The fraction of sp³-hybridized carbons (Fsp3) is 0.500. The Kier molecular flexibility index (Phi) is 5.08. The highest BCUT2D eigenvalue weighted by atomic mass is 35.5. The van der Waals surface area contributed by atoms with Crippen molar-refractivity contribution in [1.29, 1.82) is 0 Å². The number of nitrogens with zero attached hydrogens (tertiary/aromatic N) is 1. The molecule has 19 heavy (non-hydrogen) atoms. The Hall–Kier alpha value is -0.770. The molecule has 1 unspecified atom stereocenters. The van der Waals surface area contributed by atoms with E-state index < -0.39 is 5.97 Å². The molecule has 1 aromatic rings. The molecule has 2 rings (SSSR count). The SMILES string of the molecule is O=C(O)CCC1CCN(Cc2ccc(Cl)cc2Cl)C1. The van der Waals surface area contributed by atoms with Crippen molar-refractivity contribution in [2.75, 3.05) is 13.1 Å². The molecular weight excluding hydrogens is 285 g/mol. The minimum atomic E-state index is -0.709. The topological polar surface area (TPSA) is 40.5 Å². The summed E-state index contributed by atoms with van der Waals surface area (Å²) in [5.41, 5.74) is 1.07. The third-order valence-corrected chi connectivity index (χ3v) is 4.13. The lowest BCUT2D eigenvalue weighted by Gasteiger charge is -2.17.